The summed E-state index contributed by atoms with van der Waals surface area (Å²) >= 11 is 0. The summed E-state index contributed by atoms with van der Waals surface area (Å²) in [7, 11) is -14.1. The Bertz CT molecular complexity index is 2950. The predicted octanol–water partition coefficient (Wildman–Crippen LogP) is 8.18. The Balaban J connectivity index is 0.000000169. The van der Waals surface area contributed by atoms with Crippen molar-refractivity contribution in [2.75, 3.05) is 0 Å². The van der Waals surface area contributed by atoms with E-state index in [9.17, 15) is 33.7 Å². The molecule has 0 aliphatic rings. The molecule has 4 heterocycles. The predicted molar refractivity (Wildman–Crippen MR) is 262 cm³/mol. The summed E-state index contributed by atoms with van der Waals surface area (Å²) < 4.78 is 104. The molecule has 68 heavy (non-hydrogen) atoms. The normalized spacial score (nSPS) is 11.7. The lowest BCUT2D eigenvalue weighted by Crippen LogP contribution is -2.14. The van der Waals surface area contributed by atoms with Crippen LogP contribution in [0.4, 0.5) is 0 Å². The van der Waals surface area contributed by atoms with Crippen molar-refractivity contribution in [2.24, 2.45) is 0 Å². The van der Waals surface area contributed by atoms with Gasteiger partial charge in [-0.3, -0.25) is 0 Å². The molecule has 0 spiro atoms. The first-order valence-electron chi connectivity index (χ1n) is 21.0. The Hall–Kier alpha value is -6.48. The van der Waals surface area contributed by atoms with Gasteiger partial charge in [0, 0.05) is 49.6 Å². The molecule has 0 N–H and O–H groups in total. The summed E-state index contributed by atoms with van der Waals surface area (Å²) in [6.07, 6.45) is 16.8. The first-order valence-corrected chi connectivity index (χ1v) is 26.7. The second kappa shape index (κ2) is 20.8. The van der Waals surface area contributed by atoms with Crippen LogP contribution in [0.25, 0.3) is 0 Å². The number of hydrogen-bond acceptors (Lipinski definition) is 12. The lowest BCUT2D eigenvalue weighted by atomic mass is 10.1. The molecule has 16 nitrogen and oxygen atoms in total. The molecule has 360 valence electrons. The molecule has 0 saturated heterocycles. The van der Waals surface area contributed by atoms with E-state index in [4.69, 9.17) is 0 Å². The maximum atomic E-state index is 12.4. The fourth-order valence-electron chi connectivity index (χ4n) is 8.27. The van der Waals surface area contributed by atoms with Crippen molar-refractivity contribution >= 4 is 40.1 Å². The van der Waals surface area contributed by atoms with E-state index in [1.807, 2.05) is 132 Å². The van der Waals surface area contributed by atoms with Gasteiger partial charge in [-0.1, -0.05) is 70.8 Å². The van der Waals surface area contributed by atoms with Gasteiger partial charge in [-0.05, 0) is 128 Å². The molecule has 0 unspecified atom stereocenters. The number of aromatic nitrogens is 8. The van der Waals surface area contributed by atoms with Crippen LogP contribution in [0.1, 0.15) is 66.8 Å². The Labute approximate surface area is 400 Å². The molecule has 0 bridgehead atoms. The van der Waals surface area contributed by atoms with Crippen LogP contribution in [0.2, 0.25) is 0 Å². The summed E-state index contributed by atoms with van der Waals surface area (Å²) in [5.74, 6) is 0. The number of aryl methyl sites for hydroxylation is 12. The fraction of sp³-hybridized carbons (Fsp3) is 0.250. The largest absolute Gasteiger partial charge is 0.269 e. The molecule has 8 aromatic rings. The maximum Gasteiger partial charge on any atom is 0.269 e. The molecule has 0 atom stereocenters. The van der Waals surface area contributed by atoms with Crippen LogP contribution in [0, 0.1) is 83.1 Å². The standard InChI is InChI=1S/4C12H14N2O2S/c4*1-9-6-10(2)12(11(3)7-9)17(15,16)14-5-4-13-8-14/h4*4-8H,1-3H3. The highest BCUT2D eigenvalue weighted by Gasteiger charge is 2.24. The van der Waals surface area contributed by atoms with Gasteiger partial charge >= 0.3 is 0 Å². The number of rotatable bonds is 8. The van der Waals surface area contributed by atoms with Crippen molar-refractivity contribution in [2.45, 2.75) is 103 Å². The van der Waals surface area contributed by atoms with Crippen LogP contribution in [-0.2, 0) is 40.1 Å². The molecular weight excluding hydrogens is 945 g/mol. The van der Waals surface area contributed by atoms with Crippen molar-refractivity contribution in [1.29, 1.82) is 0 Å². The Morgan fingerprint density at radius 3 is 0.544 bits per heavy atom. The van der Waals surface area contributed by atoms with Crippen molar-refractivity contribution in [3.8, 4) is 0 Å². The van der Waals surface area contributed by atoms with E-state index >= 15 is 0 Å². The van der Waals surface area contributed by atoms with Gasteiger partial charge in [0.15, 0.2) is 0 Å². The quantitative estimate of drug-likeness (QED) is 0.141. The second-order valence-electron chi connectivity index (χ2n) is 16.5. The van der Waals surface area contributed by atoms with E-state index in [0.717, 1.165) is 82.7 Å². The molecule has 20 heteroatoms. The zero-order valence-corrected chi connectivity index (χ0v) is 43.3. The number of nitrogens with zero attached hydrogens (tertiary/aromatic N) is 8. The number of benzene rings is 4. The lowest BCUT2D eigenvalue weighted by Gasteiger charge is -2.12. The van der Waals surface area contributed by atoms with Gasteiger partial charge in [0.05, 0.1) is 19.6 Å². The molecule has 0 aliphatic heterocycles. The smallest absolute Gasteiger partial charge is 0.244 e. The zero-order chi connectivity index (χ0) is 50.5. The molecule has 4 aromatic carbocycles. The molecule has 8 rings (SSSR count). The van der Waals surface area contributed by atoms with Crippen LogP contribution in [0.3, 0.4) is 0 Å². The van der Waals surface area contributed by atoms with E-state index in [2.05, 4.69) is 19.9 Å². The van der Waals surface area contributed by atoms with Gasteiger partial charge in [0.2, 0.25) is 0 Å². The molecule has 0 amide bonds. The highest BCUT2D eigenvalue weighted by atomic mass is 32.2. The molecule has 0 aliphatic carbocycles. The van der Waals surface area contributed by atoms with Gasteiger partial charge in [0.25, 0.3) is 40.1 Å². The zero-order valence-electron chi connectivity index (χ0n) is 40.0. The summed E-state index contributed by atoms with van der Waals surface area (Å²) in [5.41, 5.74) is 10.3. The van der Waals surface area contributed by atoms with E-state index in [1.54, 1.807) is 0 Å². The molecule has 0 radical (unpaired) electrons. The van der Waals surface area contributed by atoms with Crippen molar-refractivity contribution < 1.29 is 33.7 Å². The minimum Gasteiger partial charge on any atom is -0.244 e. The van der Waals surface area contributed by atoms with Crippen LogP contribution in [-0.4, -0.2) is 69.5 Å². The molecule has 0 fully saturated rings. The third-order valence-corrected chi connectivity index (χ3v) is 18.2. The minimum absolute atomic E-state index is 0.362. The first-order chi connectivity index (χ1) is 31.7. The Kier molecular flexibility index (Phi) is 16.1. The fourth-order valence-corrected chi connectivity index (χ4v) is 14.4. The average Bonchev–Trinajstić information content (AvgIpc) is 4.06. The van der Waals surface area contributed by atoms with E-state index < -0.39 is 40.1 Å². The van der Waals surface area contributed by atoms with Crippen LogP contribution >= 0.6 is 0 Å². The van der Waals surface area contributed by atoms with Crippen molar-refractivity contribution in [1.82, 2.24) is 35.8 Å². The second-order valence-corrected chi connectivity index (χ2v) is 23.6. The van der Waals surface area contributed by atoms with Crippen LogP contribution in [0.15, 0.2) is 143 Å². The van der Waals surface area contributed by atoms with Gasteiger partial charge < -0.3 is 0 Å². The lowest BCUT2D eigenvalue weighted by molar-refractivity contribution is 0.584. The minimum atomic E-state index is -3.52. The SMILES string of the molecule is Cc1cc(C)c(S(=O)(=O)n2ccnc2)c(C)c1.Cc1cc(C)c(S(=O)(=O)n2ccnc2)c(C)c1.Cc1cc(C)c(S(=O)(=O)n2ccnc2)c(C)c1.Cc1cc(C)c(S(=O)(=O)n2ccnc2)c(C)c1. The third-order valence-electron chi connectivity index (χ3n) is 10.5. The van der Waals surface area contributed by atoms with Crippen LogP contribution < -0.4 is 0 Å². The Morgan fingerprint density at radius 1 is 0.279 bits per heavy atom. The van der Waals surface area contributed by atoms with Crippen molar-refractivity contribution in [3.05, 3.63) is 190 Å². The maximum absolute atomic E-state index is 12.4. The highest BCUT2D eigenvalue weighted by molar-refractivity contribution is 7.91. The van der Waals surface area contributed by atoms with Gasteiger partial charge in [-0.25, -0.2) is 69.5 Å². The van der Waals surface area contributed by atoms with Gasteiger partial charge in [-0.15, -0.1) is 0 Å². The third kappa shape index (κ3) is 11.4. The summed E-state index contributed by atoms with van der Waals surface area (Å²) in [6.45, 7) is 22.3. The van der Waals surface area contributed by atoms with Gasteiger partial charge in [-0.2, -0.15) is 0 Å². The summed E-state index contributed by atoms with van der Waals surface area (Å²) in [5, 5.41) is 0. The summed E-state index contributed by atoms with van der Waals surface area (Å²) in [4.78, 5) is 16.5. The number of hydrogen-bond donors (Lipinski definition) is 0. The first kappa shape index (κ1) is 52.5. The number of imidazole rings is 4. The summed E-state index contributed by atoms with van der Waals surface area (Å²) in [6, 6.07) is 15.0. The monoisotopic (exact) mass is 1000 g/mol. The van der Waals surface area contributed by atoms with E-state index in [1.165, 1.54) is 74.9 Å². The molecule has 0 saturated carbocycles. The molecular formula is C48H56N8O8S4. The van der Waals surface area contributed by atoms with E-state index in [0.29, 0.717) is 19.6 Å². The Morgan fingerprint density at radius 2 is 0.426 bits per heavy atom. The topological polar surface area (TPSA) is 208 Å². The average molecular weight is 1000 g/mol. The van der Waals surface area contributed by atoms with Crippen molar-refractivity contribution in [3.63, 3.8) is 0 Å². The van der Waals surface area contributed by atoms with Gasteiger partial charge in [0.1, 0.15) is 25.3 Å². The molecule has 4 aromatic heterocycles. The highest BCUT2D eigenvalue weighted by Crippen LogP contribution is 2.27. The van der Waals surface area contributed by atoms with Crippen LogP contribution in [0.5, 0.6) is 0 Å². The van der Waals surface area contributed by atoms with E-state index in [-0.39, 0.29) is 0 Å².